The predicted molar refractivity (Wildman–Crippen MR) is 97.3 cm³/mol. The third kappa shape index (κ3) is 6.32. The number of rotatable bonds is 7. The van der Waals surface area contributed by atoms with Crippen molar-refractivity contribution in [3.05, 3.63) is 0 Å². The molecule has 2 aliphatic rings. The minimum absolute atomic E-state index is 0.480. The zero-order valence-corrected chi connectivity index (χ0v) is 17.6. The highest BCUT2D eigenvalue weighted by Crippen LogP contribution is 2.31. The van der Waals surface area contributed by atoms with Gasteiger partial charge in [-0.3, -0.25) is 14.4 Å². The molecule has 0 aromatic rings. The molecule has 2 saturated heterocycles. The molecule has 10 atom stereocenters. The van der Waals surface area contributed by atoms with Crippen LogP contribution in [0, 0.1) is 0 Å². The molecule has 0 aliphatic carbocycles. The number of hydrogen-bond donors (Lipinski definition) is 5. The van der Waals surface area contributed by atoms with Crippen LogP contribution in [0.2, 0.25) is 0 Å². The van der Waals surface area contributed by atoms with Gasteiger partial charge in [-0.25, -0.2) is 0 Å². The van der Waals surface area contributed by atoms with Crippen LogP contribution in [0.5, 0.6) is 0 Å². The first-order valence-electron chi connectivity index (χ1n) is 9.73. The lowest BCUT2D eigenvalue weighted by molar-refractivity contribution is -0.355. The molecule has 2 heterocycles. The minimum Gasteiger partial charge on any atom is -0.463 e. The highest BCUT2D eigenvalue weighted by atomic mass is 16.7. The third-order valence-corrected chi connectivity index (χ3v) is 4.80. The van der Waals surface area contributed by atoms with Crippen molar-refractivity contribution in [3.63, 3.8) is 0 Å². The fourth-order valence-corrected chi connectivity index (χ4v) is 3.39. The highest BCUT2D eigenvalue weighted by molar-refractivity contribution is 5.67. The number of esters is 3. The van der Waals surface area contributed by atoms with E-state index in [1.807, 2.05) is 0 Å². The Hall–Kier alpha value is -1.91. The van der Waals surface area contributed by atoms with E-state index in [9.17, 15) is 39.9 Å². The van der Waals surface area contributed by atoms with Crippen LogP contribution in [0.15, 0.2) is 0 Å². The van der Waals surface area contributed by atoms with Crippen LogP contribution in [0.25, 0.3) is 0 Å². The topological polar surface area (TPSA) is 208 Å². The molecular weight excluding hydrogens is 440 g/mol. The number of carbonyl (C=O) groups excluding carboxylic acids is 3. The molecule has 14 nitrogen and oxygen atoms in total. The predicted octanol–water partition coefficient (Wildman–Crippen LogP) is -3.68. The molecule has 14 heteroatoms. The van der Waals surface area contributed by atoms with Crippen molar-refractivity contribution in [2.24, 2.45) is 0 Å². The molecular formula is C18H28O14. The van der Waals surface area contributed by atoms with Gasteiger partial charge < -0.3 is 54.0 Å². The van der Waals surface area contributed by atoms with Crippen molar-refractivity contribution >= 4 is 17.9 Å². The normalized spacial score (nSPS) is 39.8. The fourth-order valence-electron chi connectivity index (χ4n) is 3.39. The summed E-state index contributed by atoms with van der Waals surface area (Å²) in [6, 6.07) is 0. The first-order valence-corrected chi connectivity index (χ1v) is 9.73. The lowest BCUT2D eigenvalue weighted by atomic mass is 9.96. The van der Waals surface area contributed by atoms with Crippen molar-refractivity contribution in [1.29, 1.82) is 0 Å². The Balaban J connectivity index is 2.31. The van der Waals surface area contributed by atoms with E-state index in [1.54, 1.807) is 0 Å². The number of aliphatic hydroxyl groups is 5. The summed E-state index contributed by atoms with van der Waals surface area (Å²) < 4.78 is 31.2. The van der Waals surface area contributed by atoms with Gasteiger partial charge in [-0.05, 0) is 0 Å². The summed E-state index contributed by atoms with van der Waals surface area (Å²) in [4.78, 5) is 34.4. The first-order chi connectivity index (χ1) is 15.0. The Bertz CT molecular complexity index is 668. The van der Waals surface area contributed by atoms with Crippen LogP contribution >= 0.6 is 0 Å². The van der Waals surface area contributed by atoms with E-state index in [0.29, 0.717) is 0 Å². The molecule has 0 aromatic carbocycles. The van der Waals surface area contributed by atoms with E-state index in [4.69, 9.17) is 28.4 Å². The summed E-state index contributed by atoms with van der Waals surface area (Å²) in [5.74, 6) is -2.34. The molecule has 0 spiro atoms. The zero-order chi connectivity index (χ0) is 24.2. The van der Waals surface area contributed by atoms with E-state index in [2.05, 4.69) is 0 Å². The summed E-state index contributed by atoms with van der Waals surface area (Å²) >= 11 is 0. The Morgan fingerprint density at radius 2 is 1.34 bits per heavy atom. The second-order valence-corrected chi connectivity index (χ2v) is 7.31. The minimum atomic E-state index is -1.81. The number of hydrogen-bond acceptors (Lipinski definition) is 14. The van der Waals surface area contributed by atoms with E-state index < -0.39 is 92.5 Å². The number of carbonyl (C=O) groups is 3. The first kappa shape index (κ1) is 26.3. The van der Waals surface area contributed by atoms with Gasteiger partial charge in [0.2, 0.25) is 0 Å². The fraction of sp³-hybridized carbons (Fsp3) is 0.833. The standard InChI is InChI=1S/C18H28O14/c1-6(20)27-5-10-15(28-7(2)21)16(29-8(3)22)13(25)18(31-10)32-14-9(4-19)30-17(26)12(24)11(14)23/h9-19,23-26H,4-5H2,1-3H3/t9-,10-,11-,12-,13-,14-,15-,16-,17-,18+/m1/s1. The smallest absolute Gasteiger partial charge is 0.303 e. The lowest BCUT2D eigenvalue weighted by Crippen LogP contribution is -2.65. The Morgan fingerprint density at radius 1 is 0.750 bits per heavy atom. The average molecular weight is 468 g/mol. The monoisotopic (exact) mass is 468 g/mol. The van der Waals surface area contributed by atoms with Crippen LogP contribution in [-0.4, -0.2) is 118 Å². The summed E-state index contributed by atoms with van der Waals surface area (Å²) in [7, 11) is 0. The quantitative estimate of drug-likeness (QED) is 0.180. The van der Waals surface area contributed by atoms with Gasteiger partial charge in [-0.15, -0.1) is 0 Å². The summed E-state index contributed by atoms with van der Waals surface area (Å²) in [5.41, 5.74) is 0. The van der Waals surface area contributed by atoms with Crippen LogP contribution in [-0.2, 0) is 42.8 Å². The second kappa shape index (κ2) is 11.3. The SMILES string of the molecule is CC(=O)OC[C@H]1O[C@@H](O[C@H]2[C@H](O)[C@@H](O)[C@H](O)O[C@@H]2CO)[C@H](O)[C@@H](OC(C)=O)[C@@H]1OC(C)=O. The summed E-state index contributed by atoms with van der Waals surface area (Å²) in [5, 5.41) is 50.0. The second-order valence-electron chi connectivity index (χ2n) is 7.31. The van der Waals surface area contributed by atoms with Gasteiger partial charge in [0.15, 0.2) is 24.8 Å². The maximum Gasteiger partial charge on any atom is 0.303 e. The molecule has 184 valence electrons. The average Bonchev–Trinajstić information content (AvgIpc) is 2.70. The van der Waals surface area contributed by atoms with Gasteiger partial charge in [0.25, 0.3) is 0 Å². The van der Waals surface area contributed by atoms with Crippen molar-refractivity contribution in [2.45, 2.75) is 82.2 Å². The number of aliphatic hydroxyl groups excluding tert-OH is 5. The Labute approximate surface area is 182 Å². The van der Waals surface area contributed by atoms with Gasteiger partial charge >= 0.3 is 17.9 Å². The lowest BCUT2D eigenvalue weighted by Gasteiger charge is -2.46. The molecule has 2 aliphatic heterocycles. The van der Waals surface area contributed by atoms with E-state index in [1.165, 1.54) is 0 Å². The van der Waals surface area contributed by atoms with Crippen LogP contribution in [0.3, 0.4) is 0 Å². The molecule has 2 rings (SSSR count). The van der Waals surface area contributed by atoms with Crippen molar-refractivity contribution in [3.8, 4) is 0 Å². The summed E-state index contributed by atoms with van der Waals surface area (Å²) in [6.45, 7) is 2.00. The van der Waals surface area contributed by atoms with Crippen molar-refractivity contribution in [1.82, 2.24) is 0 Å². The van der Waals surface area contributed by atoms with E-state index in [0.717, 1.165) is 20.8 Å². The molecule has 0 aromatic heterocycles. The van der Waals surface area contributed by atoms with Gasteiger partial charge in [-0.1, -0.05) is 0 Å². The Morgan fingerprint density at radius 3 is 1.88 bits per heavy atom. The van der Waals surface area contributed by atoms with Gasteiger partial charge in [0.1, 0.15) is 43.2 Å². The number of ether oxygens (including phenoxy) is 6. The molecule has 0 unspecified atom stereocenters. The molecule has 0 radical (unpaired) electrons. The highest BCUT2D eigenvalue weighted by Gasteiger charge is 2.53. The van der Waals surface area contributed by atoms with Gasteiger partial charge in [-0.2, -0.15) is 0 Å². The molecule has 32 heavy (non-hydrogen) atoms. The van der Waals surface area contributed by atoms with E-state index >= 15 is 0 Å². The third-order valence-electron chi connectivity index (χ3n) is 4.80. The van der Waals surface area contributed by atoms with Crippen LogP contribution < -0.4 is 0 Å². The van der Waals surface area contributed by atoms with E-state index in [-0.39, 0.29) is 0 Å². The van der Waals surface area contributed by atoms with Crippen LogP contribution in [0.4, 0.5) is 0 Å². The maximum absolute atomic E-state index is 11.6. The Kier molecular flexibility index (Phi) is 9.29. The van der Waals surface area contributed by atoms with Gasteiger partial charge in [0, 0.05) is 20.8 Å². The molecule has 0 bridgehead atoms. The molecule has 0 amide bonds. The van der Waals surface area contributed by atoms with Crippen molar-refractivity contribution in [2.75, 3.05) is 13.2 Å². The van der Waals surface area contributed by atoms with Crippen molar-refractivity contribution < 1.29 is 68.3 Å². The maximum atomic E-state index is 11.6. The zero-order valence-electron chi connectivity index (χ0n) is 17.6. The van der Waals surface area contributed by atoms with Gasteiger partial charge in [0.05, 0.1) is 6.61 Å². The summed E-state index contributed by atoms with van der Waals surface area (Å²) in [6.07, 6.45) is -15.9. The molecule has 0 saturated carbocycles. The molecule has 5 N–H and O–H groups in total. The van der Waals surface area contributed by atoms with Crippen LogP contribution in [0.1, 0.15) is 20.8 Å². The molecule has 2 fully saturated rings. The largest absolute Gasteiger partial charge is 0.463 e.